The Bertz CT molecular complexity index is 922. The summed E-state index contributed by atoms with van der Waals surface area (Å²) in [6.07, 6.45) is -0.442. The zero-order valence-electron chi connectivity index (χ0n) is 14.1. The predicted molar refractivity (Wildman–Crippen MR) is 104 cm³/mol. The number of nitrogens with one attached hydrogen (secondary N) is 1. The fourth-order valence-electron chi connectivity index (χ4n) is 3.45. The quantitative estimate of drug-likeness (QED) is 0.562. The highest BCUT2D eigenvalue weighted by atomic mass is 16.3. The van der Waals surface area contributed by atoms with Gasteiger partial charge in [-0.25, -0.2) is 0 Å². The molecular formula is C22H22N2O. The number of aliphatic hydroxyl groups is 1. The smallest absolute Gasteiger partial charge is 0.0843 e. The lowest BCUT2D eigenvalue weighted by molar-refractivity contribution is 0.154. The lowest BCUT2D eigenvalue weighted by Crippen LogP contribution is -2.29. The normalized spacial score (nSPS) is 12.7. The molecule has 0 aliphatic carbocycles. The monoisotopic (exact) mass is 330 g/mol. The molecule has 1 aromatic heterocycles. The number of rotatable bonds is 6. The molecule has 0 aliphatic rings. The van der Waals surface area contributed by atoms with Crippen molar-refractivity contribution in [3.63, 3.8) is 0 Å². The SMILES string of the molecule is O[C@@H](CNCc1ccccc1)Cn1c2ccccc2c2ccccc21. The Labute approximate surface area is 147 Å². The van der Waals surface area contributed by atoms with Gasteiger partial charge >= 0.3 is 0 Å². The van der Waals surface area contributed by atoms with E-state index >= 15 is 0 Å². The summed E-state index contributed by atoms with van der Waals surface area (Å²) in [5.74, 6) is 0. The van der Waals surface area contributed by atoms with Crippen LogP contribution in [0.3, 0.4) is 0 Å². The Morgan fingerprint density at radius 2 is 1.32 bits per heavy atom. The van der Waals surface area contributed by atoms with E-state index in [1.165, 1.54) is 27.4 Å². The average molecular weight is 330 g/mol. The number of hydrogen-bond acceptors (Lipinski definition) is 2. The Kier molecular flexibility index (Phi) is 4.51. The summed E-state index contributed by atoms with van der Waals surface area (Å²) < 4.78 is 2.22. The van der Waals surface area contributed by atoms with E-state index in [0.29, 0.717) is 13.1 Å². The molecule has 0 spiro atoms. The summed E-state index contributed by atoms with van der Waals surface area (Å²) in [6.45, 7) is 1.91. The second-order valence-corrected chi connectivity index (χ2v) is 6.42. The zero-order chi connectivity index (χ0) is 17.1. The molecule has 3 heteroatoms. The lowest BCUT2D eigenvalue weighted by Gasteiger charge is -2.15. The molecule has 0 aliphatic heterocycles. The van der Waals surface area contributed by atoms with Crippen LogP contribution in [0.5, 0.6) is 0 Å². The minimum Gasteiger partial charge on any atom is -0.390 e. The van der Waals surface area contributed by atoms with Crippen molar-refractivity contribution in [1.82, 2.24) is 9.88 Å². The van der Waals surface area contributed by atoms with Crippen LogP contribution in [0, 0.1) is 0 Å². The fourth-order valence-corrected chi connectivity index (χ4v) is 3.45. The standard InChI is InChI=1S/C22H22N2O/c25-18(15-23-14-17-8-2-1-3-9-17)16-24-21-12-6-4-10-19(21)20-11-5-7-13-22(20)24/h1-13,18,23,25H,14-16H2/t18-/m0/s1. The highest BCUT2D eigenvalue weighted by Gasteiger charge is 2.12. The molecule has 25 heavy (non-hydrogen) atoms. The van der Waals surface area contributed by atoms with E-state index in [0.717, 1.165) is 6.54 Å². The Balaban J connectivity index is 1.51. The number of hydrogen-bond donors (Lipinski definition) is 2. The maximum Gasteiger partial charge on any atom is 0.0843 e. The Morgan fingerprint density at radius 1 is 0.760 bits per heavy atom. The third-order valence-corrected chi connectivity index (χ3v) is 4.63. The molecule has 1 atom stereocenters. The van der Waals surface area contributed by atoms with Crippen molar-refractivity contribution in [3.8, 4) is 0 Å². The molecule has 3 nitrogen and oxygen atoms in total. The number of aromatic nitrogens is 1. The van der Waals surface area contributed by atoms with Crippen molar-refractivity contribution < 1.29 is 5.11 Å². The van der Waals surface area contributed by atoms with Crippen LogP contribution in [0.4, 0.5) is 0 Å². The van der Waals surface area contributed by atoms with Gasteiger partial charge in [0.1, 0.15) is 0 Å². The molecular weight excluding hydrogens is 308 g/mol. The molecule has 0 amide bonds. The minimum atomic E-state index is -0.442. The van der Waals surface area contributed by atoms with Crippen molar-refractivity contribution >= 4 is 21.8 Å². The highest BCUT2D eigenvalue weighted by Crippen LogP contribution is 2.28. The van der Waals surface area contributed by atoms with Crippen molar-refractivity contribution in [2.75, 3.05) is 6.54 Å². The van der Waals surface area contributed by atoms with Crippen molar-refractivity contribution in [3.05, 3.63) is 84.4 Å². The largest absolute Gasteiger partial charge is 0.390 e. The first-order chi connectivity index (χ1) is 12.3. The second kappa shape index (κ2) is 7.09. The van der Waals surface area contributed by atoms with Crippen molar-refractivity contribution in [2.45, 2.75) is 19.2 Å². The first-order valence-corrected chi connectivity index (χ1v) is 8.71. The molecule has 0 radical (unpaired) electrons. The van der Waals surface area contributed by atoms with Crippen LogP contribution in [-0.4, -0.2) is 22.3 Å². The van der Waals surface area contributed by atoms with Crippen LogP contribution in [0.15, 0.2) is 78.9 Å². The average Bonchev–Trinajstić information content (AvgIpc) is 2.97. The van der Waals surface area contributed by atoms with Gasteiger partial charge in [0.15, 0.2) is 0 Å². The minimum absolute atomic E-state index is 0.442. The van der Waals surface area contributed by atoms with Gasteiger partial charge in [-0.15, -0.1) is 0 Å². The van der Waals surface area contributed by atoms with Gasteiger partial charge in [0.25, 0.3) is 0 Å². The van der Waals surface area contributed by atoms with Crippen molar-refractivity contribution in [1.29, 1.82) is 0 Å². The van der Waals surface area contributed by atoms with Gasteiger partial charge in [0, 0.05) is 34.9 Å². The van der Waals surface area contributed by atoms with Gasteiger partial charge < -0.3 is 15.0 Å². The first-order valence-electron chi connectivity index (χ1n) is 8.71. The summed E-state index contributed by atoms with van der Waals surface area (Å²) in [4.78, 5) is 0. The molecule has 2 N–H and O–H groups in total. The molecule has 0 saturated heterocycles. The third kappa shape index (κ3) is 3.29. The molecule has 0 unspecified atom stereocenters. The van der Waals surface area contributed by atoms with Crippen molar-refractivity contribution in [2.24, 2.45) is 0 Å². The molecule has 0 bridgehead atoms. The first kappa shape index (κ1) is 15.9. The number of fused-ring (bicyclic) bond motifs is 3. The van der Waals surface area contributed by atoms with E-state index in [2.05, 4.69) is 70.5 Å². The summed E-state index contributed by atoms with van der Waals surface area (Å²) in [5.41, 5.74) is 3.57. The van der Waals surface area contributed by atoms with Crippen LogP contribution in [0.2, 0.25) is 0 Å². The van der Waals surface area contributed by atoms with Crippen LogP contribution in [0.1, 0.15) is 5.56 Å². The van der Waals surface area contributed by atoms with Crippen LogP contribution in [-0.2, 0) is 13.1 Å². The van der Waals surface area contributed by atoms with Crippen LogP contribution in [0.25, 0.3) is 21.8 Å². The maximum absolute atomic E-state index is 10.5. The Morgan fingerprint density at radius 3 is 1.96 bits per heavy atom. The van der Waals surface area contributed by atoms with Crippen LogP contribution >= 0.6 is 0 Å². The molecule has 3 aromatic carbocycles. The zero-order valence-corrected chi connectivity index (χ0v) is 14.1. The molecule has 0 saturated carbocycles. The lowest BCUT2D eigenvalue weighted by atomic mass is 10.2. The maximum atomic E-state index is 10.5. The summed E-state index contributed by atoms with van der Waals surface area (Å²) in [5, 5.41) is 16.4. The predicted octanol–water partition coefficient (Wildman–Crippen LogP) is 3.95. The van der Waals surface area contributed by atoms with Crippen LogP contribution < -0.4 is 5.32 Å². The third-order valence-electron chi connectivity index (χ3n) is 4.63. The van der Waals surface area contributed by atoms with E-state index in [-0.39, 0.29) is 0 Å². The summed E-state index contributed by atoms with van der Waals surface area (Å²) in [6, 6.07) is 27.0. The topological polar surface area (TPSA) is 37.2 Å². The van der Waals surface area contributed by atoms with E-state index in [1.54, 1.807) is 0 Å². The van der Waals surface area contributed by atoms with Gasteiger partial charge in [-0.05, 0) is 17.7 Å². The summed E-state index contributed by atoms with van der Waals surface area (Å²) in [7, 11) is 0. The molecule has 1 heterocycles. The van der Waals surface area contributed by atoms with E-state index in [4.69, 9.17) is 0 Å². The van der Waals surface area contributed by atoms with E-state index in [1.807, 2.05) is 18.2 Å². The summed E-state index contributed by atoms with van der Waals surface area (Å²) >= 11 is 0. The number of nitrogens with zero attached hydrogens (tertiary/aromatic N) is 1. The number of benzene rings is 3. The Hall–Kier alpha value is -2.62. The highest BCUT2D eigenvalue weighted by molar-refractivity contribution is 6.07. The molecule has 4 aromatic rings. The van der Waals surface area contributed by atoms with Gasteiger partial charge in [0.2, 0.25) is 0 Å². The van der Waals surface area contributed by atoms with Gasteiger partial charge in [0.05, 0.1) is 12.6 Å². The molecule has 0 fully saturated rings. The van der Waals surface area contributed by atoms with Gasteiger partial charge in [-0.2, -0.15) is 0 Å². The van der Waals surface area contributed by atoms with E-state index in [9.17, 15) is 5.11 Å². The molecule has 126 valence electrons. The van der Waals surface area contributed by atoms with Gasteiger partial charge in [-0.1, -0.05) is 66.7 Å². The second-order valence-electron chi connectivity index (χ2n) is 6.42. The molecule has 4 rings (SSSR count). The van der Waals surface area contributed by atoms with Gasteiger partial charge in [-0.3, -0.25) is 0 Å². The number of aliphatic hydroxyl groups excluding tert-OH is 1. The fraction of sp³-hybridized carbons (Fsp3) is 0.182. The number of para-hydroxylation sites is 2. The van der Waals surface area contributed by atoms with E-state index < -0.39 is 6.10 Å².